The Bertz CT molecular complexity index is 630. The smallest absolute Gasteiger partial charge is 0.0592 e. The van der Waals surface area contributed by atoms with Gasteiger partial charge in [0.05, 0.1) is 6.04 Å². The van der Waals surface area contributed by atoms with Crippen LogP contribution in [0.3, 0.4) is 0 Å². The predicted octanol–water partition coefficient (Wildman–Crippen LogP) is 5.62. The minimum Gasteiger partial charge on any atom is -0.306 e. The number of rotatable bonds is 4. The first-order valence-corrected chi connectivity index (χ1v) is 7.95. The van der Waals surface area contributed by atoms with E-state index in [2.05, 4.69) is 45.1 Å². The van der Waals surface area contributed by atoms with E-state index in [-0.39, 0.29) is 6.04 Å². The van der Waals surface area contributed by atoms with Crippen molar-refractivity contribution in [2.75, 3.05) is 6.54 Å². The van der Waals surface area contributed by atoms with E-state index < -0.39 is 0 Å². The molecular formula is C18H21Cl2N. The van der Waals surface area contributed by atoms with Crippen molar-refractivity contribution < 1.29 is 0 Å². The van der Waals surface area contributed by atoms with E-state index in [4.69, 9.17) is 23.2 Å². The molecule has 0 aromatic heterocycles. The topological polar surface area (TPSA) is 12.0 Å². The third-order valence-electron chi connectivity index (χ3n) is 3.73. The normalized spacial score (nSPS) is 12.5. The van der Waals surface area contributed by atoms with Crippen molar-refractivity contribution in [1.29, 1.82) is 0 Å². The SMILES string of the molecule is CCNC(c1cc(C)cc(Cl)c1)c1cc(C)c(C)cc1Cl. The summed E-state index contributed by atoms with van der Waals surface area (Å²) in [5.41, 5.74) is 5.85. The van der Waals surface area contributed by atoms with Crippen molar-refractivity contribution in [3.63, 3.8) is 0 Å². The summed E-state index contributed by atoms with van der Waals surface area (Å²) in [6.45, 7) is 9.21. The lowest BCUT2D eigenvalue weighted by atomic mass is 9.94. The standard InChI is InChI=1S/C18H21Cl2N/c1-5-21-18(14-6-11(2)7-15(19)10-14)16-8-12(3)13(4)9-17(16)20/h6-10,18,21H,5H2,1-4H3. The van der Waals surface area contributed by atoms with Gasteiger partial charge in [-0.15, -0.1) is 0 Å². The van der Waals surface area contributed by atoms with Crippen LogP contribution in [0.4, 0.5) is 0 Å². The molecule has 0 saturated carbocycles. The molecule has 0 saturated heterocycles. The summed E-state index contributed by atoms with van der Waals surface area (Å²) in [4.78, 5) is 0. The van der Waals surface area contributed by atoms with Gasteiger partial charge in [-0.1, -0.05) is 42.3 Å². The van der Waals surface area contributed by atoms with Crippen molar-refractivity contribution in [2.24, 2.45) is 0 Å². The van der Waals surface area contributed by atoms with Crippen LogP contribution < -0.4 is 5.32 Å². The second kappa shape index (κ2) is 6.83. The monoisotopic (exact) mass is 321 g/mol. The Morgan fingerprint density at radius 3 is 2.24 bits per heavy atom. The maximum atomic E-state index is 6.49. The lowest BCUT2D eigenvalue weighted by molar-refractivity contribution is 0.630. The molecule has 0 heterocycles. The Hall–Kier alpha value is -1.02. The number of nitrogens with one attached hydrogen (secondary N) is 1. The molecule has 0 aliphatic rings. The first-order valence-electron chi connectivity index (χ1n) is 7.19. The molecule has 0 radical (unpaired) electrons. The predicted molar refractivity (Wildman–Crippen MR) is 92.6 cm³/mol. The Labute approximate surface area is 137 Å². The second-order valence-corrected chi connectivity index (χ2v) is 6.35. The van der Waals surface area contributed by atoms with Crippen molar-refractivity contribution >= 4 is 23.2 Å². The van der Waals surface area contributed by atoms with E-state index in [1.54, 1.807) is 0 Å². The van der Waals surface area contributed by atoms with Crippen LogP contribution in [0.5, 0.6) is 0 Å². The molecule has 2 rings (SSSR count). The highest BCUT2D eigenvalue weighted by Crippen LogP contribution is 2.32. The third kappa shape index (κ3) is 3.79. The van der Waals surface area contributed by atoms with E-state index >= 15 is 0 Å². The van der Waals surface area contributed by atoms with Crippen molar-refractivity contribution in [1.82, 2.24) is 5.32 Å². The van der Waals surface area contributed by atoms with Gasteiger partial charge in [0.2, 0.25) is 0 Å². The summed E-state index contributed by atoms with van der Waals surface area (Å²) in [5.74, 6) is 0. The number of aryl methyl sites for hydroxylation is 3. The van der Waals surface area contributed by atoms with Crippen LogP contribution in [0.2, 0.25) is 10.0 Å². The summed E-state index contributed by atoms with van der Waals surface area (Å²) < 4.78 is 0. The molecule has 1 nitrogen and oxygen atoms in total. The molecule has 0 aliphatic carbocycles. The number of hydrogen-bond acceptors (Lipinski definition) is 1. The fraction of sp³-hybridized carbons (Fsp3) is 0.333. The van der Waals surface area contributed by atoms with Crippen LogP contribution in [0.1, 0.15) is 40.8 Å². The summed E-state index contributed by atoms with van der Waals surface area (Å²) >= 11 is 12.7. The largest absolute Gasteiger partial charge is 0.306 e. The number of halogens is 2. The maximum absolute atomic E-state index is 6.49. The zero-order chi connectivity index (χ0) is 15.6. The van der Waals surface area contributed by atoms with Gasteiger partial charge in [-0.25, -0.2) is 0 Å². The van der Waals surface area contributed by atoms with Crippen LogP contribution >= 0.6 is 23.2 Å². The molecule has 0 amide bonds. The minimum absolute atomic E-state index is 0.0548. The molecule has 21 heavy (non-hydrogen) atoms. The van der Waals surface area contributed by atoms with Gasteiger partial charge in [0.15, 0.2) is 0 Å². The molecule has 112 valence electrons. The molecule has 2 aromatic rings. The third-order valence-corrected chi connectivity index (χ3v) is 4.28. The maximum Gasteiger partial charge on any atom is 0.0592 e. The lowest BCUT2D eigenvalue weighted by Gasteiger charge is -2.22. The summed E-state index contributed by atoms with van der Waals surface area (Å²) in [6.07, 6.45) is 0. The Kier molecular flexibility index (Phi) is 5.32. The summed E-state index contributed by atoms with van der Waals surface area (Å²) in [7, 11) is 0. The average molecular weight is 322 g/mol. The van der Waals surface area contributed by atoms with E-state index in [1.165, 1.54) is 11.1 Å². The van der Waals surface area contributed by atoms with Gasteiger partial charge in [-0.3, -0.25) is 0 Å². The van der Waals surface area contributed by atoms with E-state index in [0.717, 1.165) is 33.3 Å². The fourth-order valence-corrected chi connectivity index (χ4v) is 3.19. The Balaban J connectivity index is 2.55. The second-order valence-electron chi connectivity index (χ2n) is 5.51. The first kappa shape index (κ1) is 16.4. The highest BCUT2D eigenvalue weighted by atomic mass is 35.5. The van der Waals surface area contributed by atoms with Gasteiger partial charge in [0.25, 0.3) is 0 Å². The van der Waals surface area contributed by atoms with Crippen LogP contribution in [0, 0.1) is 20.8 Å². The van der Waals surface area contributed by atoms with E-state index in [1.807, 2.05) is 18.2 Å². The van der Waals surface area contributed by atoms with E-state index in [9.17, 15) is 0 Å². The average Bonchev–Trinajstić information content (AvgIpc) is 2.39. The van der Waals surface area contributed by atoms with Gasteiger partial charge >= 0.3 is 0 Å². The highest BCUT2D eigenvalue weighted by molar-refractivity contribution is 6.31. The Morgan fingerprint density at radius 2 is 1.62 bits per heavy atom. The highest BCUT2D eigenvalue weighted by Gasteiger charge is 2.18. The molecule has 2 aromatic carbocycles. The van der Waals surface area contributed by atoms with Crippen LogP contribution in [-0.4, -0.2) is 6.54 Å². The van der Waals surface area contributed by atoms with Crippen LogP contribution in [0.15, 0.2) is 30.3 Å². The summed E-state index contributed by atoms with van der Waals surface area (Å²) in [5, 5.41) is 5.06. The van der Waals surface area contributed by atoms with Gasteiger partial charge in [0, 0.05) is 10.0 Å². The van der Waals surface area contributed by atoms with Gasteiger partial charge in [-0.2, -0.15) is 0 Å². The number of benzene rings is 2. The zero-order valence-electron chi connectivity index (χ0n) is 12.9. The molecule has 0 fully saturated rings. The molecule has 0 aliphatic heterocycles. The van der Waals surface area contributed by atoms with Crippen molar-refractivity contribution in [2.45, 2.75) is 33.7 Å². The Morgan fingerprint density at radius 1 is 0.952 bits per heavy atom. The van der Waals surface area contributed by atoms with Crippen LogP contribution in [-0.2, 0) is 0 Å². The molecule has 1 atom stereocenters. The lowest BCUT2D eigenvalue weighted by Crippen LogP contribution is -2.22. The zero-order valence-corrected chi connectivity index (χ0v) is 14.4. The number of hydrogen-bond donors (Lipinski definition) is 1. The molecule has 1 N–H and O–H groups in total. The first-order chi connectivity index (χ1) is 9.92. The minimum atomic E-state index is 0.0548. The van der Waals surface area contributed by atoms with Gasteiger partial charge in [-0.05, 0) is 73.3 Å². The van der Waals surface area contributed by atoms with Crippen molar-refractivity contribution in [3.05, 3.63) is 68.2 Å². The fourth-order valence-electron chi connectivity index (χ4n) is 2.57. The van der Waals surface area contributed by atoms with Gasteiger partial charge < -0.3 is 5.32 Å². The molecule has 3 heteroatoms. The summed E-state index contributed by atoms with van der Waals surface area (Å²) in [6, 6.07) is 10.4. The van der Waals surface area contributed by atoms with E-state index in [0.29, 0.717) is 0 Å². The quantitative estimate of drug-likeness (QED) is 0.770. The molecule has 0 spiro atoms. The molecule has 0 bridgehead atoms. The molecule has 1 unspecified atom stereocenters. The molecular weight excluding hydrogens is 301 g/mol. The van der Waals surface area contributed by atoms with Gasteiger partial charge in [0.1, 0.15) is 0 Å². The van der Waals surface area contributed by atoms with Crippen LogP contribution in [0.25, 0.3) is 0 Å². The van der Waals surface area contributed by atoms with Crippen molar-refractivity contribution in [3.8, 4) is 0 Å².